The SMILES string of the molecule is COc1cccc(CN(C(=O)C2=C(c3ccc(CN4CC[C@H](Oc5c(Cl)cc(F)cc5Cl)C4)cc3)C[C@H]3CNC[C@@H]2N3)C2CC2)c1C. The molecule has 3 aromatic rings. The number of likely N-dealkylation sites (tertiary alicyclic amines) is 1. The Morgan fingerprint density at radius 2 is 1.83 bits per heavy atom. The third kappa shape index (κ3) is 7.03. The van der Waals surface area contributed by atoms with E-state index in [0.717, 1.165) is 92.0 Å². The number of ether oxygens (including phenoxy) is 2. The third-order valence-corrected chi connectivity index (χ3v) is 10.5. The smallest absolute Gasteiger partial charge is 0.252 e. The minimum Gasteiger partial charge on any atom is -0.496 e. The molecule has 2 N–H and O–H groups in total. The molecule has 0 spiro atoms. The summed E-state index contributed by atoms with van der Waals surface area (Å²) in [7, 11) is 1.69. The van der Waals surface area contributed by atoms with Crippen molar-refractivity contribution in [1.29, 1.82) is 0 Å². The van der Waals surface area contributed by atoms with Gasteiger partial charge in [-0.15, -0.1) is 0 Å². The fourth-order valence-electron chi connectivity index (χ4n) is 7.30. The van der Waals surface area contributed by atoms with Gasteiger partial charge in [0.05, 0.1) is 23.2 Å². The maximum Gasteiger partial charge on any atom is 0.252 e. The van der Waals surface area contributed by atoms with Gasteiger partial charge in [-0.2, -0.15) is 0 Å². The molecule has 3 fully saturated rings. The number of hydrogen-bond acceptors (Lipinski definition) is 6. The number of rotatable bonds is 10. The predicted octanol–water partition coefficient (Wildman–Crippen LogP) is 6.38. The highest BCUT2D eigenvalue weighted by molar-refractivity contribution is 6.37. The largest absolute Gasteiger partial charge is 0.496 e. The second-order valence-corrected chi connectivity index (χ2v) is 14.1. The first kappa shape index (κ1) is 32.4. The van der Waals surface area contributed by atoms with Gasteiger partial charge >= 0.3 is 0 Å². The molecule has 2 bridgehead atoms. The number of carbonyl (C=O) groups excluding carboxylic acids is 1. The molecule has 4 aliphatic rings. The summed E-state index contributed by atoms with van der Waals surface area (Å²) >= 11 is 12.4. The first-order chi connectivity index (χ1) is 22.8. The lowest BCUT2D eigenvalue weighted by Gasteiger charge is -2.41. The number of piperazine rings is 1. The summed E-state index contributed by atoms with van der Waals surface area (Å²) in [6, 6.07) is 17.8. The van der Waals surface area contributed by atoms with Gasteiger partial charge in [0.15, 0.2) is 5.75 Å². The summed E-state index contributed by atoms with van der Waals surface area (Å²) in [5, 5.41) is 7.66. The predicted molar refractivity (Wildman–Crippen MR) is 184 cm³/mol. The minimum absolute atomic E-state index is 0.0259. The van der Waals surface area contributed by atoms with Gasteiger partial charge in [0.25, 0.3) is 5.91 Å². The quantitative estimate of drug-likeness (QED) is 0.260. The van der Waals surface area contributed by atoms with Gasteiger partial charge in [-0.3, -0.25) is 9.69 Å². The van der Waals surface area contributed by atoms with Crippen molar-refractivity contribution in [3.63, 3.8) is 0 Å². The number of nitrogens with one attached hydrogen (secondary N) is 2. The number of methoxy groups -OCH3 is 1. The summed E-state index contributed by atoms with van der Waals surface area (Å²) in [6.07, 6.45) is 3.64. The number of fused-ring (bicyclic) bond motifs is 2. The van der Waals surface area contributed by atoms with Crippen molar-refractivity contribution in [2.24, 2.45) is 0 Å². The van der Waals surface area contributed by atoms with Gasteiger partial charge in [-0.25, -0.2) is 4.39 Å². The Balaban J connectivity index is 1.09. The summed E-state index contributed by atoms with van der Waals surface area (Å²) in [6.45, 7) is 6.65. The Kier molecular flexibility index (Phi) is 9.49. The molecule has 3 aliphatic heterocycles. The van der Waals surface area contributed by atoms with E-state index in [0.29, 0.717) is 18.3 Å². The lowest BCUT2D eigenvalue weighted by Crippen LogP contribution is -2.60. The van der Waals surface area contributed by atoms with Gasteiger partial charge < -0.3 is 25.0 Å². The second kappa shape index (κ2) is 13.8. The molecule has 7 nitrogen and oxygen atoms in total. The van der Waals surface area contributed by atoms with E-state index < -0.39 is 5.82 Å². The van der Waals surface area contributed by atoms with Gasteiger partial charge in [0, 0.05) is 56.9 Å². The molecular formula is C37H41Cl2FN4O3. The van der Waals surface area contributed by atoms with E-state index in [4.69, 9.17) is 32.7 Å². The highest BCUT2D eigenvalue weighted by Crippen LogP contribution is 2.38. The molecule has 3 aromatic carbocycles. The number of benzene rings is 3. The van der Waals surface area contributed by atoms with Crippen LogP contribution >= 0.6 is 23.2 Å². The van der Waals surface area contributed by atoms with E-state index in [-0.39, 0.29) is 34.1 Å². The number of halogens is 3. The number of carbonyl (C=O) groups is 1. The lowest BCUT2D eigenvalue weighted by molar-refractivity contribution is -0.128. The molecule has 0 unspecified atom stereocenters. The standard InChI is InChI=1S/C37H41Cl2FN4O3/c1-22-25(4-3-5-34(22)46-2)20-44(28-10-11-28)37(45)35-30(16-27-17-41-18-33(35)42-27)24-8-6-23(7-9-24)19-43-13-12-29(21-43)47-36-31(38)14-26(40)15-32(36)39/h3-9,14-15,27-29,33,41-42H,10-13,16-21H2,1-2H3/t27-,29-,33-/m0/s1. The van der Waals surface area contributed by atoms with Crippen molar-refractivity contribution in [1.82, 2.24) is 20.4 Å². The van der Waals surface area contributed by atoms with Crippen LogP contribution in [0.4, 0.5) is 4.39 Å². The van der Waals surface area contributed by atoms with Crippen molar-refractivity contribution in [3.8, 4) is 11.5 Å². The van der Waals surface area contributed by atoms with E-state index >= 15 is 0 Å². The van der Waals surface area contributed by atoms with Gasteiger partial charge in [-0.05, 0) is 78.6 Å². The van der Waals surface area contributed by atoms with E-state index in [1.165, 1.54) is 17.7 Å². The van der Waals surface area contributed by atoms with Crippen molar-refractivity contribution in [3.05, 3.63) is 98.3 Å². The molecule has 248 valence electrons. The summed E-state index contributed by atoms with van der Waals surface area (Å²) in [5.41, 5.74) is 6.58. The molecule has 0 aromatic heterocycles. The summed E-state index contributed by atoms with van der Waals surface area (Å²) in [5.74, 6) is 0.843. The topological polar surface area (TPSA) is 66.1 Å². The van der Waals surface area contributed by atoms with E-state index in [1.807, 2.05) is 12.1 Å². The summed E-state index contributed by atoms with van der Waals surface area (Å²) in [4.78, 5) is 19.0. The Bertz CT molecular complexity index is 1660. The number of amides is 1. The molecule has 10 heteroatoms. The van der Waals surface area contributed by atoms with Gasteiger partial charge in [0.2, 0.25) is 0 Å². The zero-order chi connectivity index (χ0) is 32.7. The van der Waals surface area contributed by atoms with Crippen LogP contribution in [0.5, 0.6) is 11.5 Å². The zero-order valence-electron chi connectivity index (χ0n) is 26.8. The number of hydrogen-bond donors (Lipinski definition) is 2. The van der Waals surface area contributed by atoms with Crippen LogP contribution in [0.1, 0.15) is 47.9 Å². The van der Waals surface area contributed by atoms with Crippen LogP contribution in [-0.2, 0) is 17.9 Å². The third-order valence-electron chi connectivity index (χ3n) is 9.92. The molecule has 2 saturated heterocycles. The van der Waals surface area contributed by atoms with Gasteiger partial charge in [-0.1, -0.05) is 59.6 Å². The minimum atomic E-state index is -0.482. The van der Waals surface area contributed by atoms with E-state index in [9.17, 15) is 9.18 Å². The fourth-order valence-corrected chi connectivity index (χ4v) is 7.85. The van der Waals surface area contributed by atoms with E-state index in [1.54, 1.807) is 7.11 Å². The molecule has 1 saturated carbocycles. The van der Waals surface area contributed by atoms with Crippen LogP contribution in [0.25, 0.3) is 5.57 Å². The molecule has 47 heavy (non-hydrogen) atoms. The van der Waals surface area contributed by atoms with Crippen molar-refractivity contribution in [2.75, 3.05) is 33.3 Å². The van der Waals surface area contributed by atoms with Crippen LogP contribution in [0, 0.1) is 12.7 Å². The summed E-state index contributed by atoms with van der Waals surface area (Å²) < 4.78 is 25.3. The van der Waals surface area contributed by atoms with Crippen LogP contribution in [0.15, 0.2) is 60.2 Å². The molecule has 1 amide bonds. The van der Waals surface area contributed by atoms with Crippen LogP contribution in [0.3, 0.4) is 0 Å². The van der Waals surface area contributed by atoms with Gasteiger partial charge in [0.1, 0.15) is 17.7 Å². The first-order valence-electron chi connectivity index (χ1n) is 16.5. The fraction of sp³-hybridized carbons (Fsp3) is 0.432. The normalized spacial score (nSPS) is 22.8. The Morgan fingerprint density at radius 1 is 1.06 bits per heavy atom. The molecule has 7 rings (SSSR count). The van der Waals surface area contributed by atoms with E-state index in [2.05, 4.69) is 57.7 Å². The van der Waals surface area contributed by atoms with Crippen molar-refractivity contribution >= 4 is 34.7 Å². The van der Waals surface area contributed by atoms with Crippen LogP contribution < -0.4 is 20.1 Å². The van der Waals surface area contributed by atoms with Crippen LogP contribution in [-0.4, -0.2) is 73.2 Å². The first-order valence-corrected chi connectivity index (χ1v) is 17.3. The molecular weight excluding hydrogens is 638 g/mol. The maximum absolute atomic E-state index is 14.6. The highest BCUT2D eigenvalue weighted by Gasteiger charge is 2.41. The Morgan fingerprint density at radius 3 is 2.55 bits per heavy atom. The molecule has 0 radical (unpaired) electrons. The van der Waals surface area contributed by atoms with Crippen LogP contribution in [0.2, 0.25) is 10.0 Å². The molecule has 1 aliphatic carbocycles. The Hall–Kier alpha value is -3.14. The van der Waals surface area contributed by atoms with Crippen molar-refractivity contribution in [2.45, 2.75) is 69.9 Å². The average molecular weight is 680 g/mol. The second-order valence-electron chi connectivity index (χ2n) is 13.2. The monoisotopic (exact) mass is 678 g/mol. The average Bonchev–Trinajstić information content (AvgIpc) is 3.80. The molecule has 3 heterocycles. The lowest BCUT2D eigenvalue weighted by atomic mass is 9.83. The highest BCUT2D eigenvalue weighted by atomic mass is 35.5. The zero-order valence-corrected chi connectivity index (χ0v) is 28.3. The number of nitrogens with zero attached hydrogens (tertiary/aromatic N) is 2. The van der Waals surface area contributed by atoms with Crippen molar-refractivity contribution < 1.29 is 18.7 Å². The Labute approximate surface area is 286 Å². The molecule has 3 atom stereocenters. The maximum atomic E-state index is 14.6.